The zero-order valence-corrected chi connectivity index (χ0v) is 14.9. The normalized spacial score (nSPS) is 10.6. The van der Waals surface area contributed by atoms with Crippen LogP contribution in [0.25, 0.3) is 11.3 Å². The number of rotatable bonds is 4. The summed E-state index contributed by atoms with van der Waals surface area (Å²) in [6.45, 7) is 0. The van der Waals surface area contributed by atoms with Gasteiger partial charge in [0.2, 0.25) is 0 Å². The van der Waals surface area contributed by atoms with Crippen LogP contribution in [0.4, 0.5) is 5.13 Å². The lowest BCUT2D eigenvalue weighted by Gasteiger charge is -2.06. The lowest BCUT2D eigenvalue weighted by atomic mass is 10.2. The first-order chi connectivity index (χ1) is 11.1. The first-order valence-electron chi connectivity index (χ1n) is 6.43. The molecular formula is C15H10Cl2N2O2S2. The number of amides is 1. The highest BCUT2D eigenvalue weighted by Gasteiger charge is 2.15. The van der Waals surface area contributed by atoms with Gasteiger partial charge in [0.1, 0.15) is 10.1 Å². The van der Waals surface area contributed by atoms with Crippen LogP contribution in [0.15, 0.2) is 35.7 Å². The largest absolute Gasteiger partial charge is 0.496 e. The number of nitrogens with one attached hydrogen (secondary N) is 1. The van der Waals surface area contributed by atoms with E-state index in [4.69, 9.17) is 27.9 Å². The van der Waals surface area contributed by atoms with E-state index in [0.29, 0.717) is 30.8 Å². The Labute approximate surface area is 150 Å². The molecule has 0 aliphatic carbocycles. The number of carbonyl (C=O) groups is 1. The highest BCUT2D eigenvalue weighted by atomic mass is 35.5. The number of hydrogen-bond donors (Lipinski definition) is 1. The van der Waals surface area contributed by atoms with Gasteiger partial charge in [-0.3, -0.25) is 10.1 Å². The maximum absolute atomic E-state index is 12.3. The predicted octanol–water partition coefficient (Wildman–Crippen LogP) is 5.44. The monoisotopic (exact) mass is 384 g/mol. The van der Waals surface area contributed by atoms with Gasteiger partial charge in [-0.15, -0.1) is 22.7 Å². The molecule has 4 nitrogen and oxygen atoms in total. The van der Waals surface area contributed by atoms with E-state index >= 15 is 0 Å². The molecule has 3 aromatic rings. The lowest BCUT2D eigenvalue weighted by Crippen LogP contribution is -2.12. The van der Waals surface area contributed by atoms with E-state index in [-0.39, 0.29) is 5.91 Å². The van der Waals surface area contributed by atoms with Gasteiger partial charge in [-0.2, -0.15) is 0 Å². The van der Waals surface area contributed by atoms with Crippen LogP contribution in [0.5, 0.6) is 5.75 Å². The summed E-state index contributed by atoms with van der Waals surface area (Å²) in [6.07, 6.45) is 0. The highest BCUT2D eigenvalue weighted by molar-refractivity contribution is 7.20. The summed E-state index contributed by atoms with van der Waals surface area (Å²) < 4.78 is 6.36. The quantitative estimate of drug-likeness (QED) is 0.651. The van der Waals surface area contributed by atoms with Gasteiger partial charge in [0.05, 0.1) is 22.7 Å². The molecule has 0 saturated heterocycles. The number of thiazole rings is 1. The van der Waals surface area contributed by atoms with Gasteiger partial charge in [-0.25, -0.2) is 4.98 Å². The Balaban J connectivity index is 1.82. The Bertz CT molecular complexity index is 861. The lowest BCUT2D eigenvalue weighted by molar-refractivity contribution is 0.102. The van der Waals surface area contributed by atoms with Gasteiger partial charge in [0.15, 0.2) is 5.13 Å². The third-order valence-electron chi connectivity index (χ3n) is 3.01. The standard InChI is InChI=1S/C15H10Cl2N2O2S2/c1-21-11-5-3-2-4-8(11)14(20)19-15-18-10(7-22-15)9-6-12(16)23-13(9)17/h2-7H,1H3,(H,18,19,20). The number of nitrogens with zero attached hydrogens (tertiary/aromatic N) is 1. The minimum atomic E-state index is -0.280. The fourth-order valence-electron chi connectivity index (χ4n) is 1.97. The summed E-state index contributed by atoms with van der Waals surface area (Å²) in [6, 6.07) is 8.76. The van der Waals surface area contributed by atoms with Crippen molar-refractivity contribution in [2.45, 2.75) is 0 Å². The van der Waals surface area contributed by atoms with Gasteiger partial charge >= 0.3 is 0 Å². The topological polar surface area (TPSA) is 51.2 Å². The second-order valence-corrected chi connectivity index (χ2v) is 7.57. The molecule has 3 rings (SSSR count). The predicted molar refractivity (Wildman–Crippen MR) is 96.4 cm³/mol. The number of halogens is 2. The van der Waals surface area contributed by atoms with Crippen LogP contribution in [0, 0.1) is 0 Å². The SMILES string of the molecule is COc1ccccc1C(=O)Nc1nc(-c2cc(Cl)sc2Cl)cs1. The third kappa shape index (κ3) is 3.50. The molecule has 0 spiro atoms. The molecule has 0 saturated carbocycles. The average molecular weight is 385 g/mol. The van der Waals surface area contributed by atoms with E-state index in [2.05, 4.69) is 10.3 Å². The first-order valence-corrected chi connectivity index (χ1v) is 8.89. The van der Waals surface area contributed by atoms with Gasteiger partial charge < -0.3 is 4.74 Å². The molecule has 0 aliphatic heterocycles. The molecule has 0 unspecified atom stereocenters. The van der Waals surface area contributed by atoms with Crippen LogP contribution in [0.2, 0.25) is 8.67 Å². The summed E-state index contributed by atoms with van der Waals surface area (Å²) in [5.41, 5.74) is 1.89. The summed E-state index contributed by atoms with van der Waals surface area (Å²) in [5, 5.41) is 5.07. The highest BCUT2D eigenvalue weighted by Crippen LogP contribution is 2.39. The van der Waals surface area contributed by atoms with E-state index in [1.807, 2.05) is 5.38 Å². The van der Waals surface area contributed by atoms with Crippen LogP contribution >= 0.6 is 45.9 Å². The molecule has 1 aromatic carbocycles. The van der Waals surface area contributed by atoms with Gasteiger partial charge in [-0.05, 0) is 18.2 Å². The molecule has 118 valence electrons. The zero-order chi connectivity index (χ0) is 16.4. The van der Waals surface area contributed by atoms with E-state index < -0.39 is 0 Å². The smallest absolute Gasteiger partial charge is 0.261 e. The molecule has 2 heterocycles. The van der Waals surface area contributed by atoms with Crippen molar-refractivity contribution in [3.63, 3.8) is 0 Å². The van der Waals surface area contributed by atoms with Crippen molar-refractivity contribution >= 4 is 56.9 Å². The summed E-state index contributed by atoms with van der Waals surface area (Å²) in [4.78, 5) is 16.7. The molecule has 2 aromatic heterocycles. The van der Waals surface area contributed by atoms with Crippen molar-refractivity contribution in [2.24, 2.45) is 0 Å². The number of hydrogen-bond acceptors (Lipinski definition) is 5. The van der Waals surface area contributed by atoms with Crippen LogP contribution in [0.3, 0.4) is 0 Å². The molecule has 0 aliphatic rings. The number of ether oxygens (including phenoxy) is 1. The van der Waals surface area contributed by atoms with Crippen molar-refractivity contribution in [1.29, 1.82) is 0 Å². The molecule has 0 fully saturated rings. The molecule has 23 heavy (non-hydrogen) atoms. The Hall–Kier alpha value is -1.60. The van der Waals surface area contributed by atoms with E-state index in [9.17, 15) is 4.79 Å². The summed E-state index contributed by atoms with van der Waals surface area (Å²) >= 11 is 14.7. The number of aromatic nitrogens is 1. The average Bonchev–Trinajstić information content (AvgIpc) is 3.13. The van der Waals surface area contributed by atoms with Crippen molar-refractivity contribution in [3.8, 4) is 17.0 Å². The molecule has 1 amide bonds. The van der Waals surface area contributed by atoms with Gasteiger partial charge in [-0.1, -0.05) is 35.3 Å². The van der Waals surface area contributed by atoms with Crippen molar-refractivity contribution in [2.75, 3.05) is 12.4 Å². The molecule has 0 radical (unpaired) electrons. The minimum Gasteiger partial charge on any atom is -0.496 e. The van der Waals surface area contributed by atoms with Crippen molar-refractivity contribution in [1.82, 2.24) is 4.98 Å². The molecule has 8 heteroatoms. The van der Waals surface area contributed by atoms with Gasteiger partial charge in [0.25, 0.3) is 5.91 Å². The number of benzene rings is 1. The summed E-state index contributed by atoms with van der Waals surface area (Å²) in [7, 11) is 1.52. The minimum absolute atomic E-state index is 0.280. The second-order valence-electron chi connectivity index (χ2n) is 4.43. The number of carbonyl (C=O) groups excluding carboxylic acids is 1. The van der Waals surface area contributed by atoms with Gasteiger partial charge in [0, 0.05) is 10.9 Å². The fourth-order valence-corrected chi connectivity index (χ4v) is 4.15. The molecule has 0 bridgehead atoms. The molecule has 0 atom stereocenters. The zero-order valence-electron chi connectivity index (χ0n) is 11.8. The summed E-state index contributed by atoms with van der Waals surface area (Å²) in [5.74, 6) is 0.229. The number of thiophene rings is 1. The number of para-hydroxylation sites is 1. The van der Waals surface area contributed by atoms with Crippen molar-refractivity contribution in [3.05, 3.63) is 49.9 Å². The second kappa shape index (κ2) is 6.88. The maximum atomic E-state index is 12.3. The Kier molecular flexibility index (Phi) is 4.87. The van der Waals surface area contributed by atoms with Crippen LogP contribution in [0.1, 0.15) is 10.4 Å². The maximum Gasteiger partial charge on any atom is 0.261 e. The Morgan fingerprint density at radius 2 is 2.09 bits per heavy atom. The van der Waals surface area contributed by atoms with E-state index in [1.54, 1.807) is 30.3 Å². The van der Waals surface area contributed by atoms with Crippen LogP contribution < -0.4 is 10.1 Å². The first kappa shape index (κ1) is 16.3. The van der Waals surface area contributed by atoms with E-state index in [1.165, 1.54) is 29.8 Å². The Morgan fingerprint density at radius 3 is 2.78 bits per heavy atom. The van der Waals surface area contributed by atoms with Crippen molar-refractivity contribution < 1.29 is 9.53 Å². The van der Waals surface area contributed by atoms with Crippen LogP contribution in [-0.4, -0.2) is 18.0 Å². The third-order valence-corrected chi connectivity index (χ3v) is 5.25. The fraction of sp³-hybridized carbons (Fsp3) is 0.0667. The number of methoxy groups -OCH3 is 1. The van der Waals surface area contributed by atoms with Crippen LogP contribution in [-0.2, 0) is 0 Å². The number of anilines is 1. The molecule has 1 N–H and O–H groups in total. The molecular weight excluding hydrogens is 375 g/mol. The van der Waals surface area contributed by atoms with E-state index in [0.717, 1.165) is 5.56 Å². The Morgan fingerprint density at radius 1 is 1.30 bits per heavy atom.